The number of rotatable bonds is 5. The van der Waals surface area contributed by atoms with E-state index in [2.05, 4.69) is 10.6 Å². The van der Waals surface area contributed by atoms with Crippen LogP contribution in [0.25, 0.3) is 6.08 Å². The number of carbonyl (C=O) groups excluding carboxylic acids is 2. The first kappa shape index (κ1) is 17.1. The van der Waals surface area contributed by atoms with Crippen LogP contribution in [0, 0.1) is 11.6 Å². The summed E-state index contributed by atoms with van der Waals surface area (Å²) in [7, 11) is 0. The van der Waals surface area contributed by atoms with Crippen molar-refractivity contribution >= 4 is 23.7 Å². The van der Waals surface area contributed by atoms with Gasteiger partial charge in [-0.15, -0.1) is 0 Å². The molecule has 0 saturated heterocycles. The van der Waals surface area contributed by atoms with Crippen LogP contribution < -0.4 is 16.4 Å². The van der Waals surface area contributed by atoms with Gasteiger partial charge in [-0.25, -0.2) is 13.6 Å². The average Bonchev–Trinajstić information content (AvgIpc) is 2.52. The van der Waals surface area contributed by atoms with Crippen LogP contribution in [-0.4, -0.2) is 11.9 Å². The van der Waals surface area contributed by atoms with Gasteiger partial charge in [-0.05, 0) is 35.9 Å². The van der Waals surface area contributed by atoms with Crippen molar-refractivity contribution in [3.05, 3.63) is 71.3 Å². The number of benzene rings is 2. The van der Waals surface area contributed by atoms with E-state index in [4.69, 9.17) is 5.73 Å². The van der Waals surface area contributed by atoms with Gasteiger partial charge in [0.1, 0.15) is 11.6 Å². The van der Waals surface area contributed by atoms with Crippen molar-refractivity contribution in [2.75, 3.05) is 5.32 Å². The molecule has 2 aromatic rings. The largest absolute Gasteiger partial charge is 0.351 e. The van der Waals surface area contributed by atoms with Gasteiger partial charge < -0.3 is 16.4 Å². The molecule has 0 bridgehead atoms. The third-order valence-corrected chi connectivity index (χ3v) is 3.06. The molecule has 0 atom stereocenters. The molecular formula is C17H15F2N3O2. The zero-order valence-corrected chi connectivity index (χ0v) is 12.6. The van der Waals surface area contributed by atoms with Crippen LogP contribution >= 0.6 is 0 Å². The summed E-state index contributed by atoms with van der Waals surface area (Å²) >= 11 is 0. The van der Waals surface area contributed by atoms with Crippen molar-refractivity contribution in [3.63, 3.8) is 0 Å². The predicted molar refractivity (Wildman–Crippen MR) is 86.9 cm³/mol. The molecule has 0 saturated carbocycles. The lowest BCUT2D eigenvalue weighted by atomic mass is 10.1. The molecule has 0 aliphatic rings. The molecule has 2 aromatic carbocycles. The highest BCUT2D eigenvalue weighted by Crippen LogP contribution is 2.13. The Bertz CT molecular complexity index is 771. The number of hydrogen-bond donors (Lipinski definition) is 3. The van der Waals surface area contributed by atoms with Crippen LogP contribution in [0.3, 0.4) is 0 Å². The van der Waals surface area contributed by atoms with Crippen molar-refractivity contribution in [1.29, 1.82) is 0 Å². The molecule has 3 amide bonds. The lowest BCUT2D eigenvalue weighted by molar-refractivity contribution is -0.116. The van der Waals surface area contributed by atoms with Gasteiger partial charge in [0.25, 0.3) is 0 Å². The molecular weight excluding hydrogens is 316 g/mol. The van der Waals surface area contributed by atoms with E-state index >= 15 is 0 Å². The quantitative estimate of drug-likeness (QED) is 0.736. The molecule has 0 aliphatic heterocycles. The van der Waals surface area contributed by atoms with Gasteiger partial charge in [-0.3, -0.25) is 4.79 Å². The first-order valence-corrected chi connectivity index (χ1v) is 7.01. The van der Waals surface area contributed by atoms with Gasteiger partial charge in [0.05, 0.1) is 0 Å². The SMILES string of the molecule is NC(=O)Nc1cccc(CNC(=O)C=Cc2c(F)cccc2F)c1. The normalized spacial score (nSPS) is 10.6. The van der Waals surface area contributed by atoms with Gasteiger partial charge in [-0.1, -0.05) is 18.2 Å². The van der Waals surface area contributed by atoms with E-state index in [1.165, 1.54) is 6.07 Å². The molecule has 4 N–H and O–H groups in total. The minimum absolute atomic E-state index is 0.178. The smallest absolute Gasteiger partial charge is 0.316 e. The summed E-state index contributed by atoms with van der Waals surface area (Å²) in [4.78, 5) is 22.5. The molecule has 0 unspecified atom stereocenters. The molecule has 2 rings (SSSR count). The Morgan fingerprint density at radius 3 is 2.42 bits per heavy atom. The van der Waals surface area contributed by atoms with Crippen molar-refractivity contribution in [2.24, 2.45) is 5.73 Å². The van der Waals surface area contributed by atoms with E-state index in [0.717, 1.165) is 29.8 Å². The number of halogens is 2. The summed E-state index contributed by atoms with van der Waals surface area (Å²) in [6.45, 7) is 0.178. The minimum Gasteiger partial charge on any atom is -0.351 e. The van der Waals surface area contributed by atoms with Crippen LogP contribution in [0.5, 0.6) is 0 Å². The molecule has 0 heterocycles. The Morgan fingerprint density at radius 2 is 1.75 bits per heavy atom. The molecule has 0 radical (unpaired) electrons. The van der Waals surface area contributed by atoms with Crippen molar-refractivity contribution in [1.82, 2.24) is 5.32 Å². The standard InChI is InChI=1S/C17H15F2N3O2/c18-14-5-2-6-15(19)13(14)7-8-16(23)21-10-11-3-1-4-12(9-11)22-17(20)24/h1-9H,10H2,(H,21,23)(H3,20,22,24). The highest BCUT2D eigenvalue weighted by Gasteiger charge is 2.05. The van der Waals surface area contributed by atoms with Crippen LogP contribution in [0.2, 0.25) is 0 Å². The van der Waals surface area contributed by atoms with Crippen LogP contribution in [0.4, 0.5) is 19.3 Å². The predicted octanol–water partition coefficient (Wildman–Crippen LogP) is 2.79. The number of nitrogens with two attached hydrogens (primary N) is 1. The van der Waals surface area contributed by atoms with E-state index in [1.54, 1.807) is 24.3 Å². The number of amides is 3. The number of nitrogens with one attached hydrogen (secondary N) is 2. The molecule has 7 heteroatoms. The Hall–Kier alpha value is -3.22. The van der Waals surface area contributed by atoms with E-state index in [1.807, 2.05) is 0 Å². The van der Waals surface area contributed by atoms with Crippen LogP contribution in [0.1, 0.15) is 11.1 Å². The lowest BCUT2D eigenvalue weighted by Crippen LogP contribution is -2.21. The van der Waals surface area contributed by atoms with E-state index in [9.17, 15) is 18.4 Å². The van der Waals surface area contributed by atoms with Gasteiger partial charge in [0.15, 0.2) is 0 Å². The Morgan fingerprint density at radius 1 is 1.08 bits per heavy atom. The first-order chi connectivity index (χ1) is 11.5. The Kier molecular flexibility index (Phi) is 5.62. The summed E-state index contributed by atoms with van der Waals surface area (Å²) in [5.74, 6) is -2.00. The molecule has 0 fully saturated rings. The summed E-state index contributed by atoms with van der Waals surface area (Å²) in [5, 5.41) is 4.99. The summed E-state index contributed by atoms with van der Waals surface area (Å²) in [6.07, 6.45) is 2.12. The van der Waals surface area contributed by atoms with Gasteiger partial charge in [0, 0.05) is 23.9 Å². The van der Waals surface area contributed by atoms with E-state index in [0.29, 0.717) is 5.69 Å². The number of carbonyl (C=O) groups is 2. The summed E-state index contributed by atoms with van der Waals surface area (Å²) < 4.78 is 26.9. The van der Waals surface area contributed by atoms with E-state index in [-0.39, 0.29) is 12.1 Å². The maximum atomic E-state index is 13.4. The van der Waals surface area contributed by atoms with Gasteiger partial charge in [0.2, 0.25) is 5.91 Å². The lowest BCUT2D eigenvalue weighted by Gasteiger charge is -2.06. The highest BCUT2D eigenvalue weighted by molar-refractivity contribution is 5.91. The van der Waals surface area contributed by atoms with Crippen LogP contribution in [-0.2, 0) is 11.3 Å². The second kappa shape index (κ2) is 7.87. The van der Waals surface area contributed by atoms with Crippen LogP contribution in [0.15, 0.2) is 48.5 Å². The topological polar surface area (TPSA) is 84.2 Å². The fourth-order valence-corrected chi connectivity index (χ4v) is 1.98. The second-order valence-corrected chi connectivity index (χ2v) is 4.88. The molecule has 0 aromatic heterocycles. The fourth-order valence-electron chi connectivity index (χ4n) is 1.98. The van der Waals surface area contributed by atoms with Crippen molar-refractivity contribution in [3.8, 4) is 0 Å². The fraction of sp³-hybridized carbons (Fsp3) is 0.0588. The number of hydrogen-bond acceptors (Lipinski definition) is 2. The molecule has 24 heavy (non-hydrogen) atoms. The van der Waals surface area contributed by atoms with Gasteiger partial charge in [-0.2, -0.15) is 0 Å². The number of primary amides is 1. The third kappa shape index (κ3) is 4.91. The Balaban J connectivity index is 1.96. The van der Waals surface area contributed by atoms with Gasteiger partial charge >= 0.3 is 6.03 Å². The molecule has 5 nitrogen and oxygen atoms in total. The zero-order chi connectivity index (χ0) is 17.5. The minimum atomic E-state index is -0.746. The maximum Gasteiger partial charge on any atom is 0.316 e. The average molecular weight is 331 g/mol. The van der Waals surface area contributed by atoms with Crippen molar-refractivity contribution < 1.29 is 18.4 Å². The highest BCUT2D eigenvalue weighted by atomic mass is 19.1. The number of anilines is 1. The third-order valence-electron chi connectivity index (χ3n) is 3.06. The zero-order valence-electron chi connectivity index (χ0n) is 12.6. The molecule has 0 aliphatic carbocycles. The Labute approximate surface area is 137 Å². The summed E-state index contributed by atoms with van der Waals surface area (Å²) in [6, 6.07) is 9.50. The maximum absolute atomic E-state index is 13.4. The number of urea groups is 1. The molecule has 124 valence electrons. The van der Waals surface area contributed by atoms with E-state index < -0.39 is 23.6 Å². The first-order valence-electron chi connectivity index (χ1n) is 7.01. The monoisotopic (exact) mass is 331 g/mol. The summed E-state index contributed by atoms with van der Waals surface area (Å²) in [5.41, 5.74) is 5.97. The second-order valence-electron chi connectivity index (χ2n) is 4.88. The van der Waals surface area contributed by atoms with Crippen molar-refractivity contribution in [2.45, 2.75) is 6.54 Å². The molecule has 0 spiro atoms.